The predicted octanol–water partition coefficient (Wildman–Crippen LogP) is 1.19. The molecule has 6 nitrogen and oxygen atoms in total. The van der Waals surface area contributed by atoms with Crippen LogP contribution in [0.25, 0.3) is 0 Å². The molecule has 7 heteroatoms. The maximum Gasteiger partial charge on any atom is 0.270 e. The molecule has 24 heavy (non-hydrogen) atoms. The highest BCUT2D eigenvalue weighted by atomic mass is 32.1. The van der Waals surface area contributed by atoms with Crippen LogP contribution in [0.15, 0.2) is 5.38 Å². The zero-order chi connectivity index (χ0) is 17.9. The minimum absolute atomic E-state index is 0.225. The first kappa shape index (κ1) is 18.4. The minimum Gasteiger partial charge on any atom is -0.550 e. The van der Waals surface area contributed by atoms with Gasteiger partial charge in [0.05, 0.1) is 5.56 Å². The summed E-state index contributed by atoms with van der Waals surface area (Å²) < 4.78 is 0. The molecule has 1 aromatic heterocycles. The maximum atomic E-state index is 12.3. The SMILES string of the molecule is CC(C)(C)[C@@H]1CCc2c(C(=O)NNC(=O)CCC(=O)[O-])csc2C1. The van der Waals surface area contributed by atoms with E-state index in [-0.39, 0.29) is 24.2 Å². The normalized spacial score (nSPS) is 17.0. The van der Waals surface area contributed by atoms with Crippen molar-refractivity contribution in [1.82, 2.24) is 10.9 Å². The van der Waals surface area contributed by atoms with Gasteiger partial charge in [-0.2, -0.15) is 0 Å². The number of carbonyl (C=O) groups is 3. The average molecular weight is 351 g/mol. The Morgan fingerprint density at radius 1 is 1.25 bits per heavy atom. The molecule has 0 fully saturated rings. The summed E-state index contributed by atoms with van der Waals surface area (Å²) in [6.45, 7) is 6.73. The third-order valence-corrected chi connectivity index (χ3v) is 5.55. The van der Waals surface area contributed by atoms with Crippen molar-refractivity contribution in [3.8, 4) is 0 Å². The van der Waals surface area contributed by atoms with E-state index in [1.54, 1.807) is 11.3 Å². The number of carboxylic acid groups (broad SMARTS) is 1. The number of rotatable bonds is 4. The first-order chi connectivity index (χ1) is 11.2. The van der Waals surface area contributed by atoms with Gasteiger partial charge in [-0.1, -0.05) is 20.8 Å². The number of carbonyl (C=O) groups excluding carboxylic acids is 3. The van der Waals surface area contributed by atoms with Crippen molar-refractivity contribution >= 4 is 29.1 Å². The zero-order valence-corrected chi connectivity index (χ0v) is 15.0. The van der Waals surface area contributed by atoms with Crippen LogP contribution in [0.5, 0.6) is 0 Å². The van der Waals surface area contributed by atoms with Crippen molar-refractivity contribution in [2.45, 2.75) is 52.9 Å². The smallest absolute Gasteiger partial charge is 0.270 e. The van der Waals surface area contributed by atoms with Crippen LogP contribution in [0.1, 0.15) is 60.8 Å². The lowest BCUT2D eigenvalue weighted by Gasteiger charge is -2.34. The molecule has 132 valence electrons. The first-order valence-corrected chi connectivity index (χ1v) is 8.94. The molecule has 0 spiro atoms. The molecule has 0 aliphatic heterocycles. The third kappa shape index (κ3) is 4.56. The van der Waals surface area contributed by atoms with E-state index >= 15 is 0 Å². The van der Waals surface area contributed by atoms with Crippen LogP contribution < -0.4 is 16.0 Å². The molecule has 2 rings (SSSR count). The van der Waals surface area contributed by atoms with Gasteiger partial charge in [0.25, 0.3) is 5.91 Å². The summed E-state index contributed by atoms with van der Waals surface area (Å²) in [5.41, 5.74) is 6.51. The molecule has 2 amide bonds. The van der Waals surface area contributed by atoms with E-state index in [0.29, 0.717) is 11.5 Å². The van der Waals surface area contributed by atoms with Gasteiger partial charge in [0.15, 0.2) is 0 Å². The molecule has 0 bridgehead atoms. The Balaban J connectivity index is 1.95. The molecule has 1 heterocycles. The number of hydrazine groups is 1. The van der Waals surface area contributed by atoms with E-state index in [9.17, 15) is 19.5 Å². The summed E-state index contributed by atoms with van der Waals surface area (Å²) in [6, 6.07) is 0. The predicted molar refractivity (Wildman–Crippen MR) is 89.1 cm³/mol. The van der Waals surface area contributed by atoms with Crippen molar-refractivity contribution in [3.05, 3.63) is 21.4 Å². The monoisotopic (exact) mass is 351 g/mol. The molecule has 0 unspecified atom stereocenters. The van der Waals surface area contributed by atoms with Gasteiger partial charge >= 0.3 is 0 Å². The number of hydrogen-bond acceptors (Lipinski definition) is 5. The first-order valence-electron chi connectivity index (χ1n) is 8.06. The maximum absolute atomic E-state index is 12.3. The second kappa shape index (κ2) is 7.34. The number of nitrogens with one attached hydrogen (secondary N) is 2. The van der Waals surface area contributed by atoms with Crippen molar-refractivity contribution in [2.24, 2.45) is 11.3 Å². The average Bonchev–Trinajstić information content (AvgIpc) is 2.92. The fraction of sp³-hybridized carbons (Fsp3) is 0.588. The highest BCUT2D eigenvalue weighted by Gasteiger charge is 2.31. The Labute approximate surface area is 145 Å². The van der Waals surface area contributed by atoms with Crippen LogP contribution in [0.4, 0.5) is 0 Å². The van der Waals surface area contributed by atoms with E-state index in [0.717, 1.165) is 24.8 Å². The summed E-state index contributed by atoms with van der Waals surface area (Å²) in [5.74, 6) is -1.60. The van der Waals surface area contributed by atoms with E-state index in [1.807, 2.05) is 5.38 Å². The van der Waals surface area contributed by atoms with E-state index in [4.69, 9.17) is 0 Å². The zero-order valence-electron chi connectivity index (χ0n) is 14.2. The lowest BCUT2D eigenvalue weighted by atomic mass is 9.72. The molecule has 1 aliphatic carbocycles. The molecular formula is C17H23N2O4S-. The van der Waals surface area contributed by atoms with Gasteiger partial charge in [0.2, 0.25) is 5.91 Å². The fourth-order valence-corrected chi connectivity index (χ4v) is 4.08. The number of aliphatic carboxylic acids is 1. The second-order valence-electron chi connectivity index (χ2n) is 7.23. The van der Waals surface area contributed by atoms with Crippen molar-refractivity contribution < 1.29 is 19.5 Å². The lowest BCUT2D eigenvalue weighted by Crippen LogP contribution is -2.42. The highest BCUT2D eigenvalue weighted by molar-refractivity contribution is 7.10. The quantitative estimate of drug-likeness (QED) is 0.796. The van der Waals surface area contributed by atoms with Gasteiger partial charge in [-0.15, -0.1) is 11.3 Å². The van der Waals surface area contributed by atoms with E-state index in [1.165, 1.54) is 4.88 Å². The van der Waals surface area contributed by atoms with E-state index in [2.05, 4.69) is 31.6 Å². The van der Waals surface area contributed by atoms with Crippen molar-refractivity contribution in [3.63, 3.8) is 0 Å². The van der Waals surface area contributed by atoms with Gasteiger partial charge in [0, 0.05) is 22.6 Å². The summed E-state index contributed by atoms with van der Waals surface area (Å²) >= 11 is 1.59. The molecule has 0 saturated heterocycles. The van der Waals surface area contributed by atoms with Crippen LogP contribution in [-0.2, 0) is 22.4 Å². The van der Waals surface area contributed by atoms with Crippen LogP contribution in [0.3, 0.4) is 0 Å². The van der Waals surface area contributed by atoms with Crippen LogP contribution in [0, 0.1) is 11.3 Å². The van der Waals surface area contributed by atoms with Crippen LogP contribution in [0.2, 0.25) is 0 Å². The molecule has 1 atom stereocenters. The van der Waals surface area contributed by atoms with Gasteiger partial charge in [-0.05, 0) is 42.6 Å². The topological polar surface area (TPSA) is 98.3 Å². The summed E-state index contributed by atoms with van der Waals surface area (Å²) in [6.07, 6.45) is 2.30. The number of amides is 2. The fourth-order valence-electron chi connectivity index (χ4n) is 2.91. The highest BCUT2D eigenvalue weighted by Crippen LogP contribution is 2.40. The summed E-state index contributed by atoms with van der Waals surface area (Å²) in [5, 5.41) is 12.1. The van der Waals surface area contributed by atoms with Gasteiger partial charge in [0.1, 0.15) is 0 Å². The minimum atomic E-state index is -1.29. The Morgan fingerprint density at radius 2 is 1.96 bits per heavy atom. The molecule has 0 radical (unpaired) electrons. The van der Waals surface area contributed by atoms with Gasteiger partial charge in [-0.3, -0.25) is 20.4 Å². The lowest BCUT2D eigenvalue weighted by molar-refractivity contribution is -0.305. The van der Waals surface area contributed by atoms with Crippen LogP contribution >= 0.6 is 11.3 Å². The van der Waals surface area contributed by atoms with Gasteiger partial charge in [-0.25, -0.2) is 0 Å². The number of carboxylic acids is 1. The molecule has 0 saturated carbocycles. The Morgan fingerprint density at radius 3 is 2.58 bits per heavy atom. The summed E-state index contributed by atoms with van der Waals surface area (Å²) in [4.78, 5) is 35.3. The number of thiophene rings is 1. The third-order valence-electron chi connectivity index (χ3n) is 4.50. The molecule has 1 aliphatic rings. The number of fused-ring (bicyclic) bond motifs is 1. The standard InChI is InChI=1S/C17H24N2O4S/c1-17(2,3)10-4-5-11-12(9-24-13(11)8-10)16(23)19-18-14(20)6-7-15(21)22/h9-10H,4-8H2,1-3H3,(H,18,20)(H,19,23)(H,21,22)/p-1/t10-/m1/s1. The Bertz CT molecular complexity index is 646. The van der Waals surface area contributed by atoms with Crippen molar-refractivity contribution in [1.29, 1.82) is 0 Å². The van der Waals surface area contributed by atoms with Gasteiger partial charge < -0.3 is 9.90 Å². The number of hydrogen-bond donors (Lipinski definition) is 2. The largest absolute Gasteiger partial charge is 0.550 e. The second-order valence-corrected chi connectivity index (χ2v) is 8.20. The van der Waals surface area contributed by atoms with Crippen molar-refractivity contribution in [2.75, 3.05) is 0 Å². The van der Waals surface area contributed by atoms with Crippen LogP contribution in [-0.4, -0.2) is 17.8 Å². The molecule has 0 aromatic carbocycles. The summed E-state index contributed by atoms with van der Waals surface area (Å²) in [7, 11) is 0. The molecular weight excluding hydrogens is 328 g/mol. The Hall–Kier alpha value is -1.89. The molecule has 2 N–H and O–H groups in total. The Kier molecular flexibility index (Phi) is 5.64. The van der Waals surface area contributed by atoms with E-state index < -0.39 is 11.9 Å². The molecule has 1 aromatic rings.